The molecule has 1 aromatic heterocycles. The molecule has 2 heterocycles. The Morgan fingerprint density at radius 2 is 1.95 bits per heavy atom. The van der Waals surface area contributed by atoms with Gasteiger partial charge in [-0.15, -0.1) is 11.3 Å². The van der Waals surface area contributed by atoms with Gasteiger partial charge in [0.1, 0.15) is 0 Å². The van der Waals surface area contributed by atoms with Crippen molar-refractivity contribution in [2.24, 2.45) is 0 Å². The number of aromatic nitrogens is 1. The van der Waals surface area contributed by atoms with Gasteiger partial charge in [0.2, 0.25) is 0 Å². The van der Waals surface area contributed by atoms with Crippen LogP contribution >= 0.6 is 11.3 Å². The van der Waals surface area contributed by atoms with Crippen LogP contribution < -0.4 is 0 Å². The first-order valence-corrected chi connectivity index (χ1v) is 8.51. The summed E-state index contributed by atoms with van der Waals surface area (Å²) in [6.45, 7) is 5.23. The smallest absolute Gasteiger partial charge is 0.0961 e. The van der Waals surface area contributed by atoms with Crippen LogP contribution in [0.2, 0.25) is 0 Å². The summed E-state index contributed by atoms with van der Waals surface area (Å²) in [5, 5.41) is 13.9. The van der Waals surface area contributed by atoms with E-state index in [1.54, 1.807) is 11.3 Å². The maximum absolute atomic E-state index is 10.8. The molecule has 1 saturated heterocycles. The standard InChI is InChI=1S/C17H22N2OS/c1-2-19-10-8-17(20,9-11-19)12-16-18-15(13-21-16)14-6-4-3-5-7-14/h3-7,13,20H,2,8-12H2,1H3. The minimum atomic E-state index is -0.572. The van der Waals surface area contributed by atoms with Crippen LogP contribution in [0.15, 0.2) is 35.7 Å². The first-order chi connectivity index (χ1) is 10.2. The number of rotatable bonds is 4. The van der Waals surface area contributed by atoms with E-state index in [0.29, 0.717) is 6.42 Å². The third-order valence-corrected chi connectivity index (χ3v) is 5.18. The van der Waals surface area contributed by atoms with E-state index in [1.807, 2.05) is 18.2 Å². The van der Waals surface area contributed by atoms with E-state index in [1.165, 1.54) is 0 Å². The Morgan fingerprint density at radius 1 is 1.24 bits per heavy atom. The molecule has 1 aliphatic heterocycles. The highest BCUT2D eigenvalue weighted by Gasteiger charge is 2.32. The number of hydrogen-bond acceptors (Lipinski definition) is 4. The van der Waals surface area contributed by atoms with Crippen LogP contribution in [0.1, 0.15) is 24.8 Å². The fourth-order valence-corrected chi connectivity index (χ4v) is 3.82. The molecule has 0 bridgehead atoms. The topological polar surface area (TPSA) is 36.4 Å². The normalized spacial score (nSPS) is 18.8. The van der Waals surface area contributed by atoms with E-state index in [-0.39, 0.29) is 0 Å². The second-order valence-corrected chi connectivity index (χ2v) is 6.77. The van der Waals surface area contributed by atoms with Gasteiger partial charge in [0.25, 0.3) is 0 Å². The molecule has 0 radical (unpaired) electrons. The summed E-state index contributed by atoms with van der Waals surface area (Å²) in [6, 6.07) is 10.2. The zero-order valence-corrected chi connectivity index (χ0v) is 13.3. The molecule has 3 rings (SSSR count). The van der Waals surface area contributed by atoms with Crippen LogP contribution in [0.25, 0.3) is 11.3 Å². The fraction of sp³-hybridized carbons (Fsp3) is 0.471. The van der Waals surface area contributed by atoms with Crippen molar-refractivity contribution in [2.75, 3.05) is 19.6 Å². The molecule has 3 nitrogen and oxygen atoms in total. The molecule has 2 aromatic rings. The maximum atomic E-state index is 10.8. The minimum Gasteiger partial charge on any atom is -0.389 e. The number of nitrogens with zero attached hydrogens (tertiary/aromatic N) is 2. The summed E-state index contributed by atoms with van der Waals surface area (Å²) in [7, 11) is 0. The molecule has 1 fully saturated rings. The van der Waals surface area contributed by atoms with Crippen molar-refractivity contribution < 1.29 is 5.11 Å². The molecule has 1 aliphatic rings. The van der Waals surface area contributed by atoms with Crippen molar-refractivity contribution in [1.29, 1.82) is 0 Å². The van der Waals surface area contributed by atoms with E-state index in [4.69, 9.17) is 4.98 Å². The lowest BCUT2D eigenvalue weighted by atomic mass is 9.88. The molecular weight excluding hydrogens is 280 g/mol. The van der Waals surface area contributed by atoms with Crippen molar-refractivity contribution in [3.63, 3.8) is 0 Å². The van der Waals surface area contributed by atoms with E-state index in [0.717, 1.165) is 48.7 Å². The van der Waals surface area contributed by atoms with Crippen molar-refractivity contribution in [1.82, 2.24) is 9.88 Å². The van der Waals surface area contributed by atoms with Gasteiger partial charge in [0.05, 0.1) is 16.3 Å². The number of likely N-dealkylation sites (tertiary alicyclic amines) is 1. The molecular formula is C17H22N2OS. The highest BCUT2D eigenvalue weighted by molar-refractivity contribution is 7.09. The highest BCUT2D eigenvalue weighted by atomic mass is 32.1. The monoisotopic (exact) mass is 302 g/mol. The first-order valence-electron chi connectivity index (χ1n) is 7.63. The summed E-state index contributed by atoms with van der Waals surface area (Å²) in [6.07, 6.45) is 2.38. The van der Waals surface area contributed by atoms with Crippen molar-refractivity contribution in [3.8, 4) is 11.3 Å². The molecule has 4 heteroatoms. The largest absolute Gasteiger partial charge is 0.389 e. The van der Waals surface area contributed by atoms with Gasteiger partial charge in [-0.1, -0.05) is 37.3 Å². The van der Waals surface area contributed by atoms with Crippen molar-refractivity contribution in [2.45, 2.75) is 31.8 Å². The average molecular weight is 302 g/mol. The summed E-state index contributed by atoms with van der Waals surface area (Å²) in [5.41, 5.74) is 1.59. The van der Waals surface area contributed by atoms with E-state index in [2.05, 4.69) is 29.3 Å². The van der Waals surface area contributed by atoms with Gasteiger partial charge in [-0.3, -0.25) is 0 Å². The lowest BCUT2D eigenvalue weighted by molar-refractivity contribution is -0.0194. The molecule has 1 N–H and O–H groups in total. The summed E-state index contributed by atoms with van der Waals surface area (Å²) in [4.78, 5) is 7.10. The number of hydrogen-bond donors (Lipinski definition) is 1. The molecule has 0 saturated carbocycles. The molecule has 0 spiro atoms. The predicted octanol–water partition coefficient (Wildman–Crippen LogP) is 3.20. The van der Waals surface area contributed by atoms with Crippen LogP contribution in [0.3, 0.4) is 0 Å². The molecule has 0 unspecified atom stereocenters. The molecule has 0 aliphatic carbocycles. The molecule has 112 valence electrons. The predicted molar refractivity (Wildman–Crippen MR) is 87.6 cm³/mol. The number of benzene rings is 1. The SMILES string of the molecule is CCN1CCC(O)(Cc2nc(-c3ccccc3)cs2)CC1. The second-order valence-electron chi connectivity index (χ2n) is 5.83. The van der Waals surface area contributed by atoms with Crippen LogP contribution in [0, 0.1) is 0 Å². The van der Waals surface area contributed by atoms with E-state index >= 15 is 0 Å². The minimum absolute atomic E-state index is 0.572. The quantitative estimate of drug-likeness (QED) is 0.942. The average Bonchev–Trinajstić information content (AvgIpc) is 2.97. The first kappa shape index (κ1) is 14.7. The van der Waals surface area contributed by atoms with Crippen LogP contribution in [0.4, 0.5) is 0 Å². The Bertz CT molecular complexity index is 573. The molecule has 0 amide bonds. The molecule has 1 aromatic carbocycles. The number of aliphatic hydroxyl groups is 1. The third kappa shape index (κ3) is 3.51. The van der Waals surface area contributed by atoms with Crippen LogP contribution in [-0.2, 0) is 6.42 Å². The van der Waals surface area contributed by atoms with E-state index < -0.39 is 5.60 Å². The zero-order valence-electron chi connectivity index (χ0n) is 12.5. The van der Waals surface area contributed by atoms with Crippen molar-refractivity contribution in [3.05, 3.63) is 40.7 Å². The third-order valence-electron chi connectivity index (χ3n) is 4.34. The Labute approximate surface area is 130 Å². The summed E-state index contributed by atoms with van der Waals surface area (Å²) < 4.78 is 0. The Kier molecular flexibility index (Phi) is 4.38. The second kappa shape index (κ2) is 6.26. The lowest BCUT2D eigenvalue weighted by Gasteiger charge is -2.37. The number of thiazole rings is 1. The van der Waals surface area contributed by atoms with Gasteiger partial charge in [0.15, 0.2) is 0 Å². The van der Waals surface area contributed by atoms with Gasteiger partial charge >= 0.3 is 0 Å². The van der Waals surface area contributed by atoms with Crippen LogP contribution in [-0.4, -0.2) is 40.2 Å². The number of piperidine rings is 1. The van der Waals surface area contributed by atoms with E-state index in [9.17, 15) is 5.11 Å². The Morgan fingerprint density at radius 3 is 2.62 bits per heavy atom. The molecule has 21 heavy (non-hydrogen) atoms. The van der Waals surface area contributed by atoms with Gasteiger partial charge in [-0.05, 0) is 19.4 Å². The highest BCUT2D eigenvalue weighted by Crippen LogP contribution is 2.29. The van der Waals surface area contributed by atoms with Crippen LogP contribution in [0.5, 0.6) is 0 Å². The van der Waals surface area contributed by atoms with Gasteiger partial charge in [0, 0.05) is 30.5 Å². The summed E-state index contributed by atoms with van der Waals surface area (Å²) >= 11 is 1.66. The van der Waals surface area contributed by atoms with Gasteiger partial charge in [-0.2, -0.15) is 0 Å². The fourth-order valence-electron chi connectivity index (χ4n) is 2.88. The maximum Gasteiger partial charge on any atom is 0.0961 e. The summed E-state index contributed by atoms with van der Waals surface area (Å²) in [5.74, 6) is 0. The van der Waals surface area contributed by atoms with Crippen molar-refractivity contribution >= 4 is 11.3 Å². The Balaban J connectivity index is 1.67. The van der Waals surface area contributed by atoms with Gasteiger partial charge < -0.3 is 10.0 Å². The molecule has 0 atom stereocenters. The lowest BCUT2D eigenvalue weighted by Crippen LogP contribution is -2.45. The van der Waals surface area contributed by atoms with Gasteiger partial charge in [-0.25, -0.2) is 4.98 Å². The zero-order chi connectivity index (χ0) is 14.7. The Hall–Kier alpha value is -1.23.